The average molecular weight is 596 g/mol. The second kappa shape index (κ2) is 14.3. The number of hydrogen-bond donors (Lipinski definition) is 4. The Hall–Kier alpha value is -4.26. The maximum atomic E-state index is 13.6. The summed E-state index contributed by atoms with van der Waals surface area (Å²) in [5, 5.41) is 8.40. The van der Waals surface area contributed by atoms with Crippen molar-refractivity contribution in [3.05, 3.63) is 53.6 Å². The Morgan fingerprint density at radius 2 is 1.79 bits per heavy atom. The molecule has 232 valence electrons. The highest BCUT2D eigenvalue weighted by atomic mass is 16.5. The molecule has 0 radical (unpaired) electrons. The number of morpholine rings is 1. The van der Waals surface area contributed by atoms with Crippen LogP contribution in [-0.2, 0) is 41.6 Å². The summed E-state index contributed by atoms with van der Waals surface area (Å²) in [5.41, 5.74) is 2.19. The highest BCUT2D eigenvalue weighted by Crippen LogP contribution is 2.16. The van der Waals surface area contributed by atoms with Crippen molar-refractivity contribution in [3.63, 3.8) is 0 Å². The van der Waals surface area contributed by atoms with E-state index >= 15 is 0 Å². The van der Waals surface area contributed by atoms with Crippen LogP contribution in [0.15, 0.2) is 36.7 Å². The van der Waals surface area contributed by atoms with Crippen molar-refractivity contribution in [2.24, 2.45) is 5.92 Å². The predicted octanol–water partition coefficient (Wildman–Crippen LogP) is -0.297. The third-order valence-electron chi connectivity index (χ3n) is 7.58. The summed E-state index contributed by atoms with van der Waals surface area (Å²) in [5.74, 6) is -2.08. The zero-order valence-electron chi connectivity index (χ0n) is 25.1. The van der Waals surface area contributed by atoms with Crippen LogP contribution >= 0.6 is 0 Å². The van der Waals surface area contributed by atoms with Gasteiger partial charge in [-0.15, -0.1) is 0 Å². The molecule has 4 rings (SSSR count). The summed E-state index contributed by atoms with van der Waals surface area (Å²) >= 11 is 0. The van der Waals surface area contributed by atoms with Gasteiger partial charge in [-0.3, -0.25) is 24.0 Å². The minimum Gasteiger partial charge on any atom is -0.360 e. The normalized spacial score (nSPS) is 24.1. The molecular weight excluding hydrogens is 554 g/mol. The number of aromatic amines is 1. The van der Waals surface area contributed by atoms with Crippen molar-refractivity contribution < 1.29 is 28.7 Å². The molecule has 5 amide bonds. The number of hydrogen-bond acceptors (Lipinski definition) is 7. The fraction of sp³-hybridized carbons (Fsp3) is 0.533. The summed E-state index contributed by atoms with van der Waals surface area (Å²) in [4.78, 5) is 76.6. The Morgan fingerprint density at radius 3 is 2.47 bits per heavy atom. The van der Waals surface area contributed by atoms with Crippen molar-refractivity contribution >= 4 is 29.5 Å². The van der Waals surface area contributed by atoms with Crippen LogP contribution < -0.4 is 16.0 Å². The van der Waals surface area contributed by atoms with Gasteiger partial charge in [-0.1, -0.05) is 44.2 Å². The molecule has 1 aromatic carbocycles. The molecule has 13 nitrogen and oxygen atoms in total. The van der Waals surface area contributed by atoms with Crippen LogP contribution in [0.3, 0.4) is 0 Å². The smallest absolute Gasteiger partial charge is 0.251 e. The van der Waals surface area contributed by atoms with Crippen molar-refractivity contribution in [1.82, 2.24) is 35.7 Å². The van der Waals surface area contributed by atoms with Gasteiger partial charge in [0.15, 0.2) is 6.10 Å². The van der Waals surface area contributed by atoms with Gasteiger partial charge in [0, 0.05) is 32.3 Å². The summed E-state index contributed by atoms with van der Waals surface area (Å²) in [7, 11) is 1.48. The van der Waals surface area contributed by atoms with Gasteiger partial charge in [0.2, 0.25) is 23.6 Å². The van der Waals surface area contributed by atoms with E-state index in [2.05, 4.69) is 25.9 Å². The summed E-state index contributed by atoms with van der Waals surface area (Å²) in [6.45, 7) is 5.54. The lowest BCUT2D eigenvalue weighted by molar-refractivity contribution is -0.157. The maximum Gasteiger partial charge on any atom is 0.251 e. The third-order valence-corrected chi connectivity index (χ3v) is 7.58. The van der Waals surface area contributed by atoms with Crippen molar-refractivity contribution in [3.8, 4) is 0 Å². The topological polar surface area (TPSA) is 166 Å². The van der Waals surface area contributed by atoms with E-state index in [0.29, 0.717) is 12.1 Å². The lowest BCUT2D eigenvalue weighted by Crippen LogP contribution is -2.60. The quantitative estimate of drug-likeness (QED) is 0.356. The number of ether oxygens (including phenoxy) is 1. The highest BCUT2D eigenvalue weighted by Gasteiger charge is 2.38. The van der Waals surface area contributed by atoms with Gasteiger partial charge in [-0.2, -0.15) is 0 Å². The van der Waals surface area contributed by atoms with E-state index in [-0.39, 0.29) is 50.8 Å². The first-order valence-electron chi connectivity index (χ1n) is 14.6. The Labute approximate surface area is 251 Å². The Kier molecular flexibility index (Phi) is 10.5. The van der Waals surface area contributed by atoms with Crippen LogP contribution in [0, 0.1) is 12.8 Å². The number of benzene rings is 1. The van der Waals surface area contributed by atoms with E-state index < -0.39 is 47.9 Å². The summed E-state index contributed by atoms with van der Waals surface area (Å²) in [6.07, 6.45) is 0.326. The van der Waals surface area contributed by atoms with Crippen LogP contribution in [0.2, 0.25) is 0 Å². The van der Waals surface area contributed by atoms with Crippen LogP contribution in [0.25, 0.3) is 0 Å². The van der Waals surface area contributed by atoms with Gasteiger partial charge in [0.1, 0.15) is 12.1 Å². The van der Waals surface area contributed by atoms with E-state index in [9.17, 15) is 24.0 Å². The van der Waals surface area contributed by atoms with E-state index in [4.69, 9.17) is 4.74 Å². The minimum atomic E-state index is -1.09. The van der Waals surface area contributed by atoms with E-state index in [1.807, 2.05) is 51.1 Å². The lowest BCUT2D eigenvalue weighted by atomic mass is 10.0. The highest BCUT2D eigenvalue weighted by molar-refractivity contribution is 5.93. The molecule has 0 aliphatic carbocycles. The number of aryl methyl sites for hydroxylation is 1. The number of rotatable bonds is 6. The number of amides is 5. The molecule has 4 atom stereocenters. The van der Waals surface area contributed by atoms with Crippen LogP contribution in [0.4, 0.5) is 0 Å². The molecule has 2 bridgehead atoms. The fourth-order valence-corrected chi connectivity index (χ4v) is 5.27. The van der Waals surface area contributed by atoms with Gasteiger partial charge in [-0.05, 0) is 24.8 Å². The van der Waals surface area contributed by atoms with Gasteiger partial charge in [0.25, 0.3) is 5.91 Å². The largest absolute Gasteiger partial charge is 0.360 e. The standard InChI is InChI=1S/C30H41N7O6/c1-18(2)10-23-28(40)31-13-21-14-37(27(39)12-22-19(3)32-17-33-22)15-25(43-21)29(41)35-24(11-20-8-6-5-7-9-20)30(42)36(4)16-26(38)34-23/h5-9,17-18,21,23-25H,10-16H2,1-4H3,(H,31,40)(H,32,33)(H,34,38)(H,35,41)/t21-,23+,24-,25-/m1/s1. The molecule has 43 heavy (non-hydrogen) atoms. The molecule has 13 heteroatoms. The molecule has 2 fully saturated rings. The predicted molar refractivity (Wildman–Crippen MR) is 156 cm³/mol. The number of likely N-dealkylation sites (N-methyl/N-ethyl adjacent to an activating group) is 1. The monoisotopic (exact) mass is 595 g/mol. The zero-order valence-corrected chi connectivity index (χ0v) is 25.1. The summed E-state index contributed by atoms with van der Waals surface area (Å²) in [6, 6.07) is 7.39. The maximum absolute atomic E-state index is 13.6. The molecule has 2 aromatic rings. The van der Waals surface area contributed by atoms with Crippen molar-refractivity contribution in [2.45, 2.75) is 64.3 Å². The molecular formula is C30H41N7O6. The zero-order chi connectivity index (χ0) is 31.1. The van der Waals surface area contributed by atoms with Gasteiger partial charge >= 0.3 is 0 Å². The fourth-order valence-electron chi connectivity index (χ4n) is 5.27. The lowest BCUT2D eigenvalue weighted by Gasteiger charge is -2.38. The van der Waals surface area contributed by atoms with Crippen LogP contribution in [0.1, 0.15) is 37.2 Å². The van der Waals surface area contributed by atoms with E-state index in [1.165, 1.54) is 23.2 Å². The average Bonchev–Trinajstić information content (AvgIpc) is 3.38. The number of carbonyl (C=O) groups excluding carboxylic acids is 5. The molecule has 0 unspecified atom stereocenters. The van der Waals surface area contributed by atoms with Crippen molar-refractivity contribution in [1.29, 1.82) is 0 Å². The molecule has 2 aliphatic heterocycles. The first kappa shape index (κ1) is 31.7. The number of fused-ring (bicyclic) bond motifs is 2. The SMILES string of the molecule is Cc1[nH]cnc1CC(=O)N1C[C@H]2CNC(=O)[C@H](CC(C)C)NC(=O)CN(C)C(=O)[C@@H](Cc3ccccc3)NC(=O)[C@@H](C1)O2. The van der Waals surface area contributed by atoms with E-state index in [1.54, 1.807) is 0 Å². The molecule has 3 heterocycles. The second-order valence-corrected chi connectivity index (χ2v) is 11.6. The first-order chi connectivity index (χ1) is 20.5. The Bertz CT molecular complexity index is 1310. The molecule has 1 aromatic heterocycles. The number of aromatic nitrogens is 2. The molecule has 0 saturated carbocycles. The molecule has 2 aliphatic rings. The van der Waals surface area contributed by atoms with Gasteiger partial charge < -0.3 is 35.5 Å². The Morgan fingerprint density at radius 1 is 1.05 bits per heavy atom. The van der Waals surface area contributed by atoms with Gasteiger partial charge in [-0.25, -0.2) is 4.98 Å². The number of carbonyl (C=O) groups is 5. The number of imidazole rings is 1. The molecule has 2 saturated heterocycles. The summed E-state index contributed by atoms with van der Waals surface area (Å²) < 4.78 is 6.11. The second-order valence-electron chi connectivity index (χ2n) is 11.6. The van der Waals surface area contributed by atoms with Gasteiger partial charge in [0.05, 0.1) is 37.6 Å². The third kappa shape index (κ3) is 8.63. The van der Waals surface area contributed by atoms with E-state index in [0.717, 1.165) is 11.3 Å². The number of nitrogens with one attached hydrogen (secondary N) is 4. The van der Waals surface area contributed by atoms with Crippen molar-refractivity contribution in [2.75, 3.05) is 33.2 Å². The van der Waals surface area contributed by atoms with Crippen LogP contribution in [-0.4, -0.2) is 107 Å². The number of H-pyrrole nitrogens is 1. The first-order valence-corrected chi connectivity index (χ1v) is 14.6. The number of nitrogens with zero attached hydrogens (tertiary/aromatic N) is 3. The van der Waals surface area contributed by atoms with Crippen LogP contribution in [0.5, 0.6) is 0 Å². The minimum absolute atomic E-state index is 0.0184. The molecule has 4 N–H and O–H groups in total. The molecule has 0 spiro atoms. The Balaban J connectivity index is 1.62.